The molecule has 0 unspecified atom stereocenters. The Morgan fingerprint density at radius 2 is 1.86 bits per heavy atom. The van der Waals surface area contributed by atoms with Crippen LogP contribution in [-0.4, -0.2) is 68.6 Å². The lowest BCUT2D eigenvalue weighted by atomic mass is 9.92. The van der Waals surface area contributed by atoms with Gasteiger partial charge in [0.15, 0.2) is 5.82 Å². The number of unbranched alkanes of at least 4 members (excludes halogenated alkanes) is 1. The normalized spacial score (nSPS) is 21.5. The van der Waals surface area contributed by atoms with E-state index in [1.807, 2.05) is 43.2 Å². The Bertz CT molecular complexity index is 1060. The molecule has 2 bridgehead atoms. The van der Waals surface area contributed by atoms with E-state index >= 15 is 4.39 Å². The number of hydrazine groups is 1. The van der Waals surface area contributed by atoms with Gasteiger partial charge in [0.25, 0.3) is 0 Å². The summed E-state index contributed by atoms with van der Waals surface area (Å²) in [5.74, 6) is 3.09. The number of rotatable bonds is 6. The van der Waals surface area contributed by atoms with Crippen LogP contribution in [0.25, 0.3) is 0 Å². The molecule has 10 heteroatoms. The number of carboxylic acids is 1. The standard InChI is InChI=1S/C25H36FN5O3S/c1-6-7-8-17-19(25(33)34)24(32)18-16(3)22(30(5)13-15(2)14-35-17)23(20(26)21(18)28-27)31-11-9-29(4)10-12-31/h14,28H,6-13,27H2,1-5H3,(H,33,34)/b15-14+,19-17-. The smallest absolute Gasteiger partial charge is 0.340 e. The molecule has 2 aliphatic rings. The number of allylic oxidation sites excluding steroid dienone is 1. The van der Waals surface area contributed by atoms with E-state index < -0.39 is 17.6 Å². The van der Waals surface area contributed by atoms with Crippen LogP contribution in [0.4, 0.5) is 21.5 Å². The number of nitrogens with zero attached hydrogens (tertiary/aromatic N) is 3. The van der Waals surface area contributed by atoms with Crippen molar-refractivity contribution in [1.29, 1.82) is 0 Å². The number of Topliss-reactive ketones (excluding diaryl/α,β-unsaturated/α-hetero) is 1. The van der Waals surface area contributed by atoms with Crippen molar-refractivity contribution in [2.75, 3.05) is 62.0 Å². The highest BCUT2D eigenvalue weighted by Gasteiger charge is 2.35. The molecule has 0 aromatic heterocycles. The molecule has 0 radical (unpaired) electrons. The average molecular weight is 506 g/mol. The maximum Gasteiger partial charge on any atom is 0.340 e. The molecule has 1 aromatic carbocycles. The average Bonchev–Trinajstić information content (AvgIpc) is 2.81. The monoisotopic (exact) mass is 505 g/mol. The molecule has 0 atom stereocenters. The van der Waals surface area contributed by atoms with Crippen LogP contribution in [0.2, 0.25) is 0 Å². The van der Waals surface area contributed by atoms with E-state index in [2.05, 4.69) is 10.3 Å². The number of thioether (sulfide) groups is 1. The second-order valence-corrected chi connectivity index (χ2v) is 10.3. The van der Waals surface area contributed by atoms with E-state index in [1.165, 1.54) is 11.8 Å². The minimum Gasteiger partial charge on any atom is -0.478 e. The summed E-state index contributed by atoms with van der Waals surface area (Å²) in [6.45, 7) is 9.00. The summed E-state index contributed by atoms with van der Waals surface area (Å²) < 4.78 is 16.2. The third-order valence-corrected chi connectivity index (χ3v) is 7.78. The summed E-state index contributed by atoms with van der Waals surface area (Å²) in [4.78, 5) is 32.8. The number of nitrogen functional groups attached to an aromatic ring is 1. The van der Waals surface area contributed by atoms with Crippen LogP contribution in [-0.2, 0) is 4.79 Å². The van der Waals surface area contributed by atoms with Gasteiger partial charge in [-0.05, 0) is 50.3 Å². The Labute approximate surface area is 211 Å². The molecule has 8 nitrogen and oxygen atoms in total. The number of hydrogen-bond donors (Lipinski definition) is 3. The van der Waals surface area contributed by atoms with E-state index in [9.17, 15) is 14.7 Å². The summed E-state index contributed by atoms with van der Waals surface area (Å²) >= 11 is 1.27. The van der Waals surface area contributed by atoms with Crippen molar-refractivity contribution >= 4 is 40.6 Å². The predicted octanol–water partition coefficient (Wildman–Crippen LogP) is 3.97. The number of hydrogen-bond acceptors (Lipinski definition) is 8. The van der Waals surface area contributed by atoms with Crippen molar-refractivity contribution in [3.8, 4) is 0 Å². The van der Waals surface area contributed by atoms with E-state index in [1.54, 1.807) is 6.92 Å². The van der Waals surface area contributed by atoms with Crippen LogP contribution in [0.15, 0.2) is 21.5 Å². The fourth-order valence-corrected chi connectivity index (χ4v) is 5.71. The van der Waals surface area contributed by atoms with Gasteiger partial charge in [-0.15, -0.1) is 11.8 Å². The minimum atomic E-state index is -1.32. The molecule has 35 heavy (non-hydrogen) atoms. The molecule has 1 fully saturated rings. The zero-order chi connectivity index (χ0) is 25.9. The molecular formula is C25H36FN5O3S. The maximum atomic E-state index is 16.2. The molecule has 3 rings (SSSR count). The Morgan fingerprint density at radius 3 is 2.43 bits per heavy atom. The SMILES string of the molecule is CCCC/C1=C(/C(=O)O)C(=O)c2c(C)c(c(N3CCN(C)CC3)c(F)c2NN)N(C)C/C(C)=C/S1. The number of nitrogens with two attached hydrogens (primary N) is 1. The second-order valence-electron chi connectivity index (χ2n) is 9.29. The number of carboxylic acid groups (broad SMARTS) is 1. The molecule has 0 saturated carbocycles. The molecule has 4 N–H and O–H groups in total. The quantitative estimate of drug-likeness (QED) is 0.301. The zero-order valence-electron chi connectivity index (χ0n) is 21.2. The number of nitrogens with one attached hydrogen (secondary N) is 1. The Hall–Kier alpha value is -2.56. The summed E-state index contributed by atoms with van der Waals surface area (Å²) in [5, 5.41) is 12.0. The van der Waals surface area contributed by atoms with Crippen molar-refractivity contribution in [3.05, 3.63) is 38.4 Å². The van der Waals surface area contributed by atoms with Gasteiger partial charge in [-0.1, -0.05) is 13.3 Å². The Morgan fingerprint density at radius 1 is 1.20 bits per heavy atom. The highest BCUT2D eigenvalue weighted by atomic mass is 32.2. The van der Waals surface area contributed by atoms with Gasteiger partial charge in [0.2, 0.25) is 5.78 Å². The lowest BCUT2D eigenvalue weighted by Gasteiger charge is -2.38. The number of halogens is 1. The van der Waals surface area contributed by atoms with Gasteiger partial charge < -0.3 is 25.2 Å². The summed E-state index contributed by atoms with van der Waals surface area (Å²) in [6, 6.07) is 0. The molecule has 1 saturated heterocycles. The first-order chi connectivity index (χ1) is 16.6. The first-order valence-electron chi connectivity index (χ1n) is 11.9. The number of benzene rings is 1. The van der Waals surface area contributed by atoms with Gasteiger partial charge in [-0.25, -0.2) is 9.18 Å². The molecule has 0 aliphatic carbocycles. The molecular weight excluding hydrogens is 469 g/mol. The lowest BCUT2D eigenvalue weighted by molar-refractivity contribution is -0.132. The van der Waals surface area contributed by atoms with Crippen LogP contribution in [0, 0.1) is 12.7 Å². The van der Waals surface area contributed by atoms with Gasteiger partial charge in [-0.3, -0.25) is 10.6 Å². The molecule has 2 heterocycles. The van der Waals surface area contributed by atoms with Gasteiger partial charge in [-0.2, -0.15) is 0 Å². The third-order valence-electron chi connectivity index (χ3n) is 6.57. The molecule has 2 aliphatic heterocycles. The Kier molecular flexibility index (Phi) is 8.84. The van der Waals surface area contributed by atoms with E-state index in [0.717, 1.165) is 31.5 Å². The highest BCUT2D eigenvalue weighted by Crippen LogP contribution is 2.44. The van der Waals surface area contributed by atoms with Gasteiger partial charge in [0.05, 0.1) is 22.6 Å². The number of likely N-dealkylation sites (N-methyl/N-ethyl adjacent to an activating group) is 2. The summed E-state index contributed by atoms with van der Waals surface area (Å²) in [5.41, 5.74) is 4.32. The largest absolute Gasteiger partial charge is 0.478 e. The van der Waals surface area contributed by atoms with Gasteiger partial charge in [0.1, 0.15) is 5.57 Å². The maximum absolute atomic E-state index is 16.2. The Balaban J connectivity index is 2.35. The number of piperazine rings is 1. The summed E-state index contributed by atoms with van der Waals surface area (Å²) in [7, 11) is 3.90. The number of ketones is 1. The predicted molar refractivity (Wildman–Crippen MR) is 142 cm³/mol. The van der Waals surface area contributed by atoms with Crippen molar-refractivity contribution in [2.24, 2.45) is 5.84 Å². The van der Waals surface area contributed by atoms with Crippen molar-refractivity contribution in [3.63, 3.8) is 0 Å². The van der Waals surface area contributed by atoms with Crippen LogP contribution >= 0.6 is 11.8 Å². The molecule has 192 valence electrons. The lowest BCUT2D eigenvalue weighted by Crippen LogP contribution is -2.45. The number of aliphatic carboxylic acids is 1. The van der Waals surface area contributed by atoms with Crippen LogP contribution in [0.1, 0.15) is 49.0 Å². The molecule has 0 spiro atoms. The number of fused-ring (bicyclic) bond motifs is 2. The number of carbonyl (C=O) groups excluding carboxylic acids is 1. The third kappa shape index (κ3) is 5.49. The van der Waals surface area contributed by atoms with Crippen LogP contribution < -0.4 is 21.1 Å². The number of carbonyl (C=O) groups is 2. The second kappa shape index (κ2) is 11.5. The first-order valence-corrected chi connectivity index (χ1v) is 12.8. The number of anilines is 3. The minimum absolute atomic E-state index is 0.0312. The zero-order valence-corrected chi connectivity index (χ0v) is 22.0. The van der Waals surface area contributed by atoms with Crippen LogP contribution in [0.5, 0.6) is 0 Å². The molecule has 0 amide bonds. The van der Waals surface area contributed by atoms with Gasteiger partial charge in [0, 0.05) is 44.7 Å². The topological polar surface area (TPSA) is 102 Å². The highest BCUT2D eigenvalue weighted by molar-refractivity contribution is 8.05. The van der Waals surface area contributed by atoms with Crippen LogP contribution in [0.3, 0.4) is 0 Å². The fraction of sp³-hybridized carbons (Fsp3) is 0.520. The molecule has 1 aromatic rings. The van der Waals surface area contributed by atoms with Gasteiger partial charge >= 0.3 is 5.97 Å². The van der Waals surface area contributed by atoms with E-state index in [4.69, 9.17) is 5.84 Å². The fourth-order valence-electron chi connectivity index (χ4n) is 4.73. The summed E-state index contributed by atoms with van der Waals surface area (Å²) in [6.07, 6.45) is 2.04. The van der Waals surface area contributed by atoms with E-state index in [0.29, 0.717) is 47.9 Å². The van der Waals surface area contributed by atoms with Crippen molar-refractivity contribution in [1.82, 2.24) is 4.90 Å². The first kappa shape index (κ1) is 27.0. The van der Waals surface area contributed by atoms with Crippen molar-refractivity contribution in [2.45, 2.75) is 40.0 Å². The van der Waals surface area contributed by atoms with E-state index in [-0.39, 0.29) is 16.8 Å². The van der Waals surface area contributed by atoms with Crippen molar-refractivity contribution < 1.29 is 19.1 Å².